The monoisotopic (exact) mass is 427 g/mol. The Morgan fingerprint density at radius 3 is 2.27 bits per heavy atom. The zero-order valence-electron chi connectivity index (χ0n) is 17.9. The van der Waals surface area contributed by atoms with E-state index in [1.165, 1.54) is 4.31 Å². The van der Waals surface area contributed by atoms with Crippen molar-refractivity contribution in [1.82, 2.24) is 14.2 Å². The molecule has 160 valence electrons. The third-order valence-electron chi connectivity index (χ3n) is 5.43. The topological polar surface area (TPSA) is 71.4 Å². The molecule has 1 heterocycles. The molecule has 7 heteroatoms. The number of benzene rings is 2. The van der Waals surface area contributed by atoms with E-state index in [2.05, 4.69) is 5.32 Å². The molecule has 0 aliphatic heterocycles. The highest BCUT2D eigenvalue weighted by molar-refractivity contribution is 7.89. The van der Waals surface area contributed by atoms with Gasteiger partial charge in [-0.15, -0.1) is 0 Å². The highest BCUT2D eigenvalue weighted by Gasteiger charge is 2.22. The lowest BCUT2D eigenvalue weighted by Gasteiger charge is -2.19. The number of aromatic nitrogens is 1. The van der Waals surface area contributed by atoms with Crippen LogP contribution in [0, 0.1) is 0 Å². The Morgan fingerprint density at radius 1 is 1.03 bits per heavy atom. The number of hydrogen-bond acceptors (Lipinski definition) is 3. The number of amides is 1. The number of rotatable bonds is 8. The van der Waals surface area contributed by atoms with Crippen molar-refractivity contribution in [3.8, 4) is 0 Å². The first-order chi connectivity index (χ1) is 14.3. The molecule has 0 radical (unpaired) electrons. The minimum absolute atomic E-state index is 0.152. The van der Waals surface area contributed by atoms with E-state index in [0.29, 0.717) is 25.3 Å². The number of aryl methyl sites for hydroxylation is 1. The van der Waals surface area contributed by atoms with E-state index >= 15 is 0 Å². The van der Waals surface area contributed by atoms with Gasteiger partial charge in [0.05, 0.1) is 10.9 Å². The van der Waals surface area contributed by atoms with Crippen molar-refractivity contribution in [2.45, 2.75) is 45.2 Å². The lowest BCUT2D eigenvalue weighted by Crippen LogP contribution is -2.31. The van der Waals surface area contributed by atoms with Gasteiger partial charge in [0.1, 0.15) is 5.69 Å². The molecule has 3 rings (SSSR count). The van der Waals surface area contributed by atoms with Crippen LogP contribution in [0.5, 0.6) is 0 Å². The highest BCUT2D eigenvalue weighted by atomic mass is 32.2. The molecule has 0 aliphatic rings. The first kappa shape index (κ1) is 22.1. The van der Waals surface area contributed by atoms with Gasteiger partial charge in [0.25, 0.3) is 5.91 Å². The first-order valence-electron chi connectivity index (χ1n) is 10.3. The summed E-state index contributed by atoms with van der Waals surface area (Å²) in [6.45, 7) is 9.11. The average Bonchev–Trinajstić information content (AvgIpc) is 3.13. The fourth-order valence-corrected chi connectivity index (χ4v) is 5.19. The summed E-state index contributed by atoms with van der Waals surface area (Å²) in [5.74, 6) is -0.152. The molecule has 1 aromatic heterocycles. The Bertz CT molecular complexity index is 1130. The van der Waals surface area contributed by atoms with Gasteiger partial charge < -0.3 is 9.88 Å². The molecule has 0 spiro atoms. The van der Waals surface area contributed by atoms with Crippen LogP contribution in [0.1, 0.15) is 49.8 Å². The van der Waals surface area contributed by atoms with Gasteiger partial charge in [-0.3, -0.25) is 4.79 Å². The van der Waals surface area contributed by atoms with Crippen LogP contribution in [0.4, 0.5) is 0 Å². The summed E-state index contributed by atoms with van der Waals surface area (Å²) in [7, 11) is -3.49. The van der Waals surface area contributed by atoms with Crippen LogP contribution in [-0.2, 0) is 16.6 Å². The number of fused-ring (bicyclic) bond motifs is 1. The number of carbonyl (C=O) groups is 1. The minimum Gasteiger partial charge on any atom is -0.344 e. The summed E-state index contributed by atoms with van der Waals surface area (Å²) >= 11 is 0. The van der Waals surface area contributed by atoms with Gasteiger partial charge in [0.15, 0.2) is 0 Å². The van der Waals surface area contributed by atoms with Crippen LogP contribution in [-0.4, -0.2) is 36.3 Å². The van der Waals surface area contributed by atoms with Crippen molar-refractivity contribution in [1.29, 1.82) is 0 Å². The summed E-state index contributed by atoms with van der Waals surface area (Å²) < 4.78 is 28.7. The van der Waals surface area contributed by atoms with Crippen LogP contribution in [0.2, 0.25) is 0 Å². The zero-order valence-corrected chi connectivity index (χ0v) is 18.7. The molecular weight excluding hydrogens is 398 g/mol. The molecule has 0 aliphatic carbocycles. The predicted molar refractivity (Wildman–Crippen MR) is 120 cm³/mol. The Balaban J connectivity index is 1.80. The van der Waals surface area contributed by atoms with E-state index in [4.69, 9.17) is 0 Å². The van der Waals surface area contributed by atoms with Crippen molar-refractivity contribution in [2.24, 2.45) is 0 Å². The molecular formula is C23H29N3O3S. The van der Waals surface area contributed by atoms with Crippen molar-refractivity contribution in [3.63, 3.8) is 0 Å². The lowest BCUT2D eigenvalue weighted by atomic mass is 10.1. The molecule has 6 nitrogen and oxygen atoms in total. The van der Waals surface area contributed by atoms with Crippen LogP contribution < -0.4 is 5.32 Å². The second-order valence-electron chi connectivity index (χ2n) is 7.19. The molecule has 0 bridgehead atoms. The summed E-state index contributed by atoms with van der Waals surface area (Å²) in [5, 5.41) is 4.06. The van der Waals surface area contributed by atoms with E-state index in [1.54, 1.807) is 24.3 Å². The van der Waals surface area contributed by atoms with Crippen LogP contribution in [0.3, 0.4) is 0 Å². The normalized spacial score (nSPS) is 13.0. The molecule has 0 fully saturated rings. The third-order valence-corrected chi connectivity index (χ3v) is 7.49. The Kier molecular flexibility index (Phi) is 6.63. The molecule has 0 saturated heterocycles. The second kappa shape index (κ2) is 9.02. The quantitative estimate of drug-likeness (QED) is 0.586. The van der Waals surface area contributed by atoms with Crippen molar-refractivity contribution < 1.29 is 13.2 Å². The Morgan fingerprint density at radius 2 is 1.67 bits per heavy atom. The van der Waals surface area contributed by atoms with E-state index in [1.807, 2.05) is 62.6 Å². The number of hydrogen-bond donors (Lipinski definition) is 1. The van der Waals surface area contributed by atoms with Gasteiger partial charge in [0.2, 0.25) is 10.0 Å². The zero-order chi connectivity index (χ0) is 21.9. The molecule has 1 atom stereocenters. The maximum absolute atomic E-state index is 12.9. The third kappa shape index (κ3) is 4.13. The van der Waals surface area contributed by atoms with E-state index in [0.717, 1.165) is 16.5 Å². The molecule has 1 amide bonds. The Hall–Kier alpha value is -2.64. The van der Waals surface area contributed by atoms with Crippen molar-refractivity contribution in [2.75, 3.05) is 13.1 Å². The minimum atomic E-state index is -3.49. The number of nitrogens with zero attached hydrogens (tertiary/aromatic N) is 2. The fraction of sp³-hybridized carbons (Fsp3) is 0.348. The fourth-order valence-electron chi connectivity index (χ4n) is 3.73. The standard InChI is InChI=1S/C23H29N3O3S/c1-5-25(6-2)30(28,29)20-14-12-18(13-15-20)17(4)24-23(27)22-16-19-10-8-9-11-21(19)26(22)7-3/h8-17H,5-7H2,1-4H3,(H,24,27). The average molecular weight is 428 g/mol. The van der Waals surface area contributed by atoms with Crippen molar-refractivity contribution >= 4 is 26.8 Å². The summed E-state index contributed by atoms with van der Waals surface area (Å²) in [5.41, 5.74) is 2.50. The number of para-hydroxylation sites is 1. The van der Waals surface area contributed by atoms with E-state index in [-0.39, 0.29) is 16.8 Å². The molecule has 3 aromatic rings. The largest absolute Gasteiger partial charge is 0.344 e. The summed E-state index contributed by atoms with van der Waals surface area (Å²) in [6, 6.07) is 16.3. The number of nitrogens with one attached hydrogen (secondary N) is 1. The number of carbonyl (C=O) groups excluding carboxylic acids is 1. The molecule has 30 heavy (non-hydrogen) atoms. The van der Waals surface area contributed by atoms with Gasteiger partial charge in [0, 0.05) is 30.5 Å². The molecule has 1 unspecified atom stereocenters. The van der Waals surface area contributed by atoms with Crippen molar-refractivity contribution in [3.05, 3.63) is 65.9 Å². The smallest absolute Gasteiger partial charge is 0.268 e. The number of sulfonamides is 1. The van der Waals surface area contributed by atoms with Crippen LogP contribution in [0.15, 0.2) is 59.5 Å². The highest BCUT2D eigenvalue weighted by Crippen LogP contribution is 2.22. The first-order valence-corrected chi connectivity index (χ1v) is 11.8. The van der Waals surface area contributed by atoms with E-state index < -0.39 is 10.0 Å². The van der Waals surface area contributed by atoms with Gasteiger partial charge in [-0.25, -0.2) is 8.42 Å². The van der Waals surface area contributed by atoms with Gasteiger partial charge >= 0.3 is 0 Å². The van der Waals surface area contributed by atoms with Gasteiger partial charge in [-0.2, -0.15) is 4.31 Å². The molecule has 1 N–H and O–H groups in total. The maximum atomic E-state index is 12.9. The lowest BCUT2D eigenvalue weighted by molar-refractivity contribution is 0.0931. The SMILES string of the molecule is CCN(CC)S(=O)(=O)c1ccc(C(C)NC(=O)c2cc3ccccc3n2CC)cc1. The maximum Gasteiger partial charge on any atom is 0.268 e. The van der Waals surface area contributed by atoms with E-state index in [9.17, 15) is 13.2 Å². The van der Waals surface area contributed by atoms with Gasteiger partial charge in [-0.1, -0.05) is 44.2 Å². The summed E-state index contributed by atoms with van der Waals surface area (Å²) in [6.07, 6.45) is 0. The second-order valence-corrected chi connectivity index (χ2v) is 9.12. The van der Waals surface area contributed by atoms with Crippen LogP contribution in [0.25, 0.3) is 10.9 Å². The molecule has 2 aromatic carbocycles. The predicted octanol–water partition coefficient (Wildman–Crippen LogP) is 4.18. The van der Waals surface area contributed by atoms with Gasteiger partial charge in [-0.05, 0) is 43.7 Å². The van der Waals surface area contributed by atoms with Crippen LogP contribution >= 0.6 is 0 Å². The Labute approximate surface area is 178 Å². The molecule has 0 saturated carbocycles. The summed E-state index contributed by atoms with van der Waals surface area (Å²) in [4.78, 5) is 13.2.